The Kier molecular flexibility index (Phi) is 8.00. The van der Waals surface area contributed by atoms with Crippen LogP contribution in [0.2, 0.25) is 0 Å². The van der Waals surface area contributed by atoms with Gasteiger partial charge >= 0.3 is 5.97 Å². The second kappa shape index (κ2) is 10.0. The average molecular weight is 376 g/mol. The molecule has 1 fully saturated rings. The number of aliphatic carboxylic acids is 1. The Bertz CT molecular complexity index is 612. The summed E-state index contributed by atoms with van der Waals surface area (Å²) in [5.74, 6) is 0.148. The molecule has 0 bridgehead atoms. The Hall–Kier alpha value is -1.71. The molecule has 1 heterocycles. The molecule has 1 saturated heterocycles. The van der Waals surface area contributed by atoms with E-state index in [9.17, 15) is 9.90 Å². The highest BCUT2D eigenvalue weighted by Crippen LogP contribution is 2.37. The van der Waals surface area contributed by atoms with Crippen LogP contribution < -0.4 is 9.64 Å². The summed E-state index contributed by atoms with van der Waals surface area (Å²) in [6, 6.07) is 6.56. The summed E-state index contributed by atoms with van der Waals surface area (Å²) in [5, 5.41) is 9.30. The van der Waals surface area contributed by atoms with Crippen molar-refractivity contribution in [3.05, 3.63) is 23.8 Å². The molecule has 0 aliphatic carbocycles. The number of carboxylic acid groups (broad SMARTS) is 1. The number of carbonyl (C=O) groups is 1. The van der Waals surface area contributed by atoms with Crippen molar-refractivity contribution in [2.45, 2.75) is 90.0 Å². The molecule has 1 unspecified atom stereocenters. The van der Waals surface area contributed by atoms with Crippen molar-refractivity contribution < 1.29 is 14.6 Å². The molecule has 4 nitrogen and oxygen atoms in total. The van der Waals surface area contributed by atoms with E-state index in [-0.39, 0.29) is 17.9 Å². The zero-order valence-electron chi connectivity index (χ0n) is 17.6. The van der Waals surface area contributed by atoms with E-state index in [1.807, 2.05) is 0 Å². The Labute approximate surface area is 164 Å². The predicted molar refractivity (Wildman–Crippen MR) is 112 cm³/mol. The monoisotopic (exact) mass is 375 g/mol. The standard InChI is InChI=1S/C23H37NO3/c1-5-6-7-9-12-23(2,3)18-14-20(16-21(15-18)27-4)24-13-10-8-11-19(24)17-22(25)26/h14-16,19H,5-13,17H2,1-4H3,(H,25,26). The number of carboxylic acids is 1. The molecule has 0 spiro atoms. The van der Waals surface area contributed by atoms with Crippen LogP contribution in [0.5, 0.6) is 5.75 Å². The van der Waals surface area contributed by atoms with Crippen LogP contribution in [0, 0.1) is 0 Å². The van der Waals surface area contributed by atoms with Crippen molar-refractivity contribution in [1.82, 2.24) is 0 Å². The number of hydrogen-bond acceptors (Lipinski definition) is 3. The van der Waals surface area contributed by atoms with E-state index in [2.05, 4.69) is 43.9 Å². The molecule has 0 amide bonds. The fourth-order valence-electron chi connectivity index (χ4n) is 4.15. The molecule has 1 atom stereocenters. The Morgan fingerprint density at radius 3 is 2.67 bits per heavy atom. The highest BCUT2D eigenvalue weighted by Gasteiger charge is 2.27. The third kappa shape index (κ3) is 6.15. The van der Waals surface area contributed by atoms with Crippen molar-refractivity contribution in [3.8, 4) is 5.75 Å². The molecule has 1 aromatic rings. The molecule has 0 saturated carbocycles. The normalized spacial score (nSPS) is 17.8. The molecule has 4 heteroatoms. The number of nitrogens with zero attached hydrogens (tertiary/aromatic N) is 1. The molecular formula is C23H37NO3. The van der Waals surface area contributed by atoms with Crippen LogP contribution in [-0.2, 0) is 10.2 Å². The fraction of sp³-hybridized carbons (Fsp3) is 0.696. The van der Waals surface area contributed by atoms with Crippen LogP contribution in [0.25, 0.3) is 0 Å². The van der Waals surface area contributed by atoms with E-state index < -0.39 is 5.97 Å². The lowest BCUT2D eigenvalue weighted by Crippen LogP contribution is -2.41. The van der Waals surface area contributed by atoms with Crippen LogP contribution in [0.4, 0.5) is 5.69 Å². The Morgan fingerprint density at radius 1 is 1.22 bits per heavy atom. The van der Waals surface area contributed by atoms with Crippen molar-refractivity contribution >= 4 is 11.7 Å². The summed E-state index contributed by atoms with van der Waals surface area (Å²) in [6.45, 7) is 7.78. The van der Waals surface area contributed by atoms with Crippen LogP contribution in [0.15, 0.2) is 18.2 Å². The second-order valence-corrected chi connectivity index (χ2v) is 8.56. The smallest absolute Gasteiger partial charge is 0.305 e. The minimum absolute atomic E-state index is 0.0730. The van der Waals surface area contributed by atoms with Gasteiger partial charge < -0.3 is 14.7 Å². The first-order valence-electron chi connectivity index (χ1n) is 10.6. The van der Waals surface area contributed by atoms with Gasteiger partial charge in [0.05, 0.1) is 13.5 Å². The molecule has 1 N–H and O–H groups in total. The van der Waals surface area contributed by atoms with Gasteiger partial charge in [-0.05, 0) is 48.8 Å². The minimum Gasteiger partial charge on any atom is -0.497 e. The number of piperidine rings is 1. The highest BCUT2D eigenvalue weighted by molar-refractivity contribution is 5.69. The molecule has 1 aromatic carbocycles. The third-order valence-corrected chi connectivity index (χ3v) is 5.93. The molecular weight excluding hydrogens is 338 g/mol. The number of anilines is 1. The molecule has 1 aliphatic heterocycles. The number of benzene rings is 1. The summed E-state index contributed by atoms with van der Waals surface area (Å²) in [6.07, 6.45) is 9.58. The number of rotatable bonds is 10. The number of ether oxygens (including phenoxy) is 1. The van der Waals surface area contributed by atoms with Gasteiger partial charge in [-0.3, -0.25) is 4.79 Å². The van der Waals surface area contributed by atoms with Crippen LogP contribution in [-0.4, -0.2) is 30.8 Å². The first kappa shape index (κ1) is 21.6. The van der Waals surface area contributed by atoms with Crippen LogP contribution >= 0.6 is 0 Å². The van der Waals surface area contributed by atoms with Gasteiger partial charge in [0, 0.05) is 24.3 Å². The number of unbranched alkanes of at least 4 members (excludes halogenated alkanes) is 3. The van der Waals surface area contributed by atoms with Crippen molar-refractivity contribution in [2.75, 3.05) is 18.6 Å². The number of hydrogen-bond donors (Lipinski definition) is 1. The van der Waals surface area contributed by atoms with Gasteiger partial charge in [-0.2, -0.15) is 0 Å². The highest BCUT2D eigenvalue weighted by atomic mass is 16.5. The van der Waals surface area contributed by atoms with Gasteiger partial charge in [0.1, 0.15) is 5.75 Å². The summed E-state index contributed by atoms with van der Waals surface area (Å²) >= 11 is 0. The molecule has 1 aliphatic rings. The van der Waals surface area contributed by atoms with E-state index in [1.54, 1.807) is 7.11 Å². The summed E-state index contributed by atoms with van der Waals surface area (Å²) in [4.78, 5) is 13.6. The maximum atomic E-state index is 11.3. The maximum Gasteiger partial charge on any atom is 0.305 e. The number of methoxy groups -OCH3 is 1. The zero-order chi connectivity index (χ0) is 19.9. The molecule has 152 valence electrons. The molecule has 2 rings (SSSR count). The summed E-state index contributed by atoms with van der Waals surface area (Å²) < 4.78 is 5.60. The zero-order valence-corrected chi connectivity index (χ0v) is 17.6. The van der Waals surface area contributed by atoms with E-state index >= 15 is 0 Å². The maximum absolute atomic E-state index is 11.3. The molecule has 0 aromatic heterocycles. The van der Waals surface area contributed by atoms with Gasteiger partial charge in [-0.15, -0.1) is 0 Å². The Balaban J connectivity index is 2.26. The van der Waals surface area contributed by atoms with Crippen molar-refractivity contribution in [1.29, 1.82) is 0 Å². The third-order valence-electron chi connectivity index (χ3n) is 5.93. The predicted octanol–water partition coefficient (Wildman–Crippen LogP) is 5.78. The molecule has 27 heavy (non-hydrogen) atoms. The van der Waals surface area contributed by atoms with Crippen LogP contribution in [0.1, 0.15) is 84.1 Å². The van der Waals surface area contributed by atoms with Gasteiger partial charge in [-0.1, -0.05) is 46.5 Å². The van der Waals surface area contributed by atoms with Crippen LogP contribution in [0.3, 0.4) is 0 Å². The SMILES string of the molecule is CCCCCCC(C)(C)c1cc(OC)cc(N2CCCCC2CC(=O)O)c1. The van der Waals surface area contributed by atoms with E-state index in [0.29, 0.717) is 0 Å². The summed E-state index contributed by atoms with van der Waals surface area (Å²) in [7, 11) is 1.71. The summed E-state index contributed by atoms with van der Waals surface area (Å²) in [5.41, 5.74) is 2.47. The second-order valence-electron chi connectivity index (χ2n) is 8.56. The van der Waals surface area contributed by atoms with E-state index in [1.165, 1.54) is 31.2 Å². The van der Waals surface area contributed by atoms with E-state index in [4.69, 9.17) is 4.74 Å². The molecule has 0 radical (unpaired) electrons. The minimum atomic E-state index is -0.716. The van der Waals surface area contributed by atoms with E-state index in [0.717, 1.165) is 43.7 Å². The topological polar surface area (TPSA) is 49.8 Å². The lowest BCUT2D eigenvalue weighted by molar-refractivity contribution is -0.137. The van der Waals surface area contributed by atoms with Gasteiger partial charge in [0.25, 0.3) is 0 Å². The first-order chi connectivity index (χ1) is 12.9. The van der Waals surface area contributed by atoms with Crippen molar-refractivity contribution in [2.24, 2.45) is 0 Å². The van der Waals surface area contributed by atoms with Gasteiger partial charge in [-0.25, -0.2) is 0 Å². The van der Waals surface area contributed by atoms with Gasteiger partial charge in [0.2, 0.25) is 0 Å². The quantitative estimate of drug-likeness (QED) is 0.527. The Morgan fingerprint density at radius 2 is 2.00 bits per heavy atom. The lowest BCUT2D eigenvalue weighted by atomic mass is 9.79. The first-order valence-corrected chi connectivity index (χ1v) is 10.6. The average Bonchev–Trinajstić information content (AvgIpc) is 2.65. The fourth-order valence-corrected chi connectivity index (χ4v) is 4.15. The lowest BCUT2D eigenvalue weighted by Gasteiger charge is -2.38. The van der Waals surface area contributed by atoms with Crippen molar-refractivity contribution in [3.63, 3.8) is 0 Å². The largest absolute Gasteiger partial charge is 0.497 e. The van der Waals surface area contributed by atoms with Gasteiger partial charge in [0.15, 0.2) is 0 Å².